The number of aliphatic imine (C=N–C) groups is 1. The van der Waals surface area contributed by atoms with Crippen molar-refractivity contribution in [2.75, 3.05) is 13.2 Å². The third-order valence-corrected chi connectivity index (χ3v) is 4.54. The van der Waals surface area contributed by atoms with E-state index in [1.165, 1.54) is 6.92 Å². The Labute approximate surface area is 192 Å². The number of aliphatic hydroxyl groups is 2. The number of rotatable bonds is 15. The summed E-state index contributed by atoms with van der Waals surface area (Å²) in [5.74, 6) is -3.94. The number of carboxylic acid groups (broad SMARTS) is 1. The predicted molar refractivity (Wildman–Crippen MR) is 120 cm³/mol. The number of amides is 3. The lowest BCUT2D eigenvalue weighted by Gasteiger charge is -2.25. The first-order valence-electron chi connectivity index (χ1n) is 10.5. The summed E-state index contributed by atoms with van der Waals surface area (Å²) in [6.07, 6.45) is -0.721. The van der Waals surface area contributed by atoms with Crippen LogP contribution in [0.25, 0.3) is 0 Å². The molecule has 0 aromatic carbocycles. The molecule has 0 aromatic heterocycles. The summed E-state index contributed by atoms with van der Waals surface area (Å²) in [7, 11) is 0. The molecule has 33 heavy (non-hydrogen) atoms. The number of nitrogens with zero attached hydrogens (tertiary/aromatic N) is 1. The zero-order valence-corrected chi connectivity index (χ0v) is 19.2. The summed E-state index contributed by atoms with van der Waals surface area (Å²) < 4.78 is 0. The van der Waals surface area contributed by atoms with Crippen molar-refractivity contribution >= 4 is 29.7 Å². The third kappa shape index (κ3) is 12.0. The Kier molecular flexibility index (Phi) is 13.6. The van der Waals surface area contributed by atoms with Gasteiger partial charge in [0.15, 0.2) is 5.96 Å². The van der Waals surface area contributed by atoms with E-state index in [0.29, 0.717) is 0 Å². The normalized spacial score (nSPS) is 15.5. The van der Waals surface area contributed by atoms with Crippen molar-refractivity contribution in [1.82, 2.24) is 16.0 Å². The van der Waals surface area contributed by atoms with Crippen molar-refractivity contribution in [2.45, 2.75) is 70.3 Å². The average Bonchev–Trinajstić information content (AvgIpc) is 2.71. The fourth-order valence-electron chi connectivity index (χ4n) is 2.69. The van der Waals surface area contributed by atoms with Crippen molar-refractivity contribution in [2.24, 2.45) is 28.1 Å². The van der Waals surface area contributed by atoms with Crippen molar-refractivity contribution in [3.63, 3.8) is 0 Å². The standard InChI is InChI=1S/C19H37N7O7/c1-9(2)7-12(18(32)33)25-15(29)11(5-4-6-23-19(21)22)24-16(30)13(8-27)26-17(31)14(20)10(3)28/h9-14,27-28H,4-8,20H2,1-3H3,(H,24,30)(H,25,29)(H,26,31)(H,32,33)(H4,21,22,23). The Morgan fingerprint density at radius 2 is 1.42 bits per heavy atom. The summed E-state index contributed by atoms with van der Waals surface area (Å²) in [6.45, 7) is 4.22. The molecular formula is C19H37N7O7. The first-order valence-corrected chi connectivity index (χ1v) is 10.5. The van der Waals surface area contributed by atoms with Crippen LogP contribution in [0.2, 0.25) is 0 Å². The first kappa shape index (κ1) is 30.0. The number of carbonyl (C=O) groups is 4. The van der Waals surface area contributed by atoms with Gasteiger partial charge in [-0.1, -0.05) is 13.8 Å². The molecule has 0 bridgehead atoms. The second kappa shape index (κ2) is 15.0. The monoisotopic (exact) mass is 475 g/mol. The van der Waals surface area contributed by atoms with Crippen LogP contribution in [-0.4, -0.2) is 88.4 Å². The minimum atomic E-state index is -1.46. The Morgan fingerprint density at radius 3 is 1.88 bits per heavy atom. The molecular weight excluding hydrogens is 438 g/mol. The van der Waals surface area contributed by atoms with E-state index in [1.54, 1.807) is 13.8 Å². The van der Waals surface area contributed by atoms with Gasteiger partial charge in [0.1, 0.15) is 24.2 Å². The van der Waals surface area contributed by atoms with Gasteiger partial charge in [-0.2, -0.15) is 0 Å². The van der Waals surface area contributed by atoms with E-state index in [4.69, 9.17) is 17.2 Å². The lowest BCUT2D eigenvalue weighted by molar-refractivity contribution is -0.143. The molecule has 3 amide bonds. The molecule has 0 aliphatic rings. The molecule has 0 aromatic rings. The van der Waals surface area contributed by atoms with Gasteiger partial charge in [0, 0.05) is 6.54 Å². The number of carbonyl (C=O) groups excluding carboxylic acids is 3. The highest BCUT2D eigenvalue weighted by atomic mass is 16.4. The molecule has 0 heterocycles. The average molecular weight is 476 g/mol. The minimum Gasteiger partial charge on any atom is -0.480 e. The van der Waals surface area contributed by atoms with Crippen LogP contribution >= 0.6 is 0 Å². The predicted octanol–water partition coefficient (Wildman–Crippen LogP) is -3.67. The summed E-state index contributed by atoms with van der Waals surface area (Å²) in [4.78, 5) is 52.6. The van der Waals surface area contributed by atoms with Crippen molar-refractivity contribution in [1.29, 1.82) is 0 Å². The van der Waals surface area contributed by atoms with Crippen molar-refractivity contribution in [3.05, 3.63) is 0 Å². The van der Waals surface area contributed by atoms with Gasteiger partial charge in [-0.3, -0.25) is 19.4 Å². The van der Waals surface area contributed by atoms with E-state index in [-0.39, 0.29) is 37.7 Å². The molecule has 0 saturated carbocycles. The summed E-state index contributed by atoms with van der Waals surface area (Å²) in [5.41, 5.74) is 16.0. The van der Waals surface area contributed by atoms with Gasteiger partial charge < -0.3 is 48.5 Å². The van der Waals surface area contributed by atoms with Gasteiger partial charge in [-0.15, -0.1) is 0 Å². The van der Waals surface area contributed by atoms with Crippen LogP contribution in [0.3, 0.4) is 0 Å². The molecule has 0 rings (SSSR count). The molecule has 14 nitrogen and oxygen atoms in total. The number of guanidine groups is 1. The maximum absolute atomic E-state index is 12.8. The molecule has 0 fully saturated rings. The molecule has 190 valence electrons. The molecule has 5 atom stereocenters. The van der Waals surface area contributed by atoms with Gasteiger partial charge in [0.25, 0.3) is 0 Å². The van der Waals surface area contributed by atoms with Crippen LogP contribution in [0.5, 0.6) is 0 Å². The van der Waals surface area contributed by atoms with Crippen molar-refractivity contribution in [3.8, 4) is 0 Å². The van der Waals surface area contributed by atoms with Gasteiger partial charge in [0.2, 0.25) is 17.7 Å². The second-order valence-electron chi connectivity index (χ2n) is 8.05. The van der Waals surface area contributed by atoms with Gasteiger partial charge in [0.05, 0.1) is 12.7 Å². The Morgan fingerprint density at radius 1 is 0.909 bits per heavy atom. The number of aliphatic carboxylic acids is 1. The zero-order valence-electron chi connectivity index (χ0n) is 19.2. The number of aliphatic hydroxyl groups excluding tert-OH is 2. The number of nitrogens with two attached hydrogens (primary N) is 3. The molecule has 0 aliphatic carbocycles. The highest BCUT2D eigenvalue weighted by Crippen LogP contribution is 2.07. The highest BCUT2D eigenvalue weighted by molar-refractivity contribution is 5.94. The van der Waals surface area contributed by atoms with E-state index in [9.17, 15) is 34.5 Å². The molecule has 0 spiro atoms. The van der Waals surface area contributed by atoms with Crippen molar-refractivity contribution < 1.29 is 34.5 Å². The Bertz CT molecular complexity index is 696. The molecule has 12 N–H and O–H groups in total. The topological polar surface area (TPSA) is 255 Å². The molecule has 14 heteroatoms. The maximum atomic E-state index is 12.8. The van der Waals surface area contributed by atoms with E-state index >= 15 is 0 Å². The minimum absolute atomic E-state index is 0.0200. The van der Waals surface area contributed by atoms with Gasteiger partial charge in [-0.25, -0.2) is 4.79 Å². The lowest BCUT2D eigenvalue weighted by atomic mass is 10.0. The number of hydrogen-bond donors (Lipinski definition) is 9. The maximum Gasteiger partial charge on any atom is 0.326 e. The van der Waals surface area contributed by atoms with Crippen LogP contribution in [0.1, 0.15) is 40.0 Å². The van der Waals surface area contributed by atoms with Crippen LogP contribution in [-0.2, 0) is 19.2 Å². The van der Waals surface area contributed by atoms with E-state index in [0.717, 1.165) is 0 Å². The molecule has 0 aliphatic heterocycles. The number of nitrogens with one attached hydrogen (secondary N) is 3. The molecule has 5 unspecified atom stereocenters. The first-order chi connectivity index (χ1) is 15.3. The molecule has 0 saturated heterocycles. The molecule has 0 radical (unpaired) electrons. The van der Waals surface area contributed by atoms with E-state index in [2.05, 4.69) is 20.9 Å². The van der Waals surface area contributed by atoms with E-state index in [1.807, 2.05) is 0 Å². The SMILES string of the molecule is CC(C)CC(NC(=O)C(CCCN=C(N)N)NC(=O)C(CO)NC(=O)C(N)C(C)O)C(=O)O. The van der Waals surface area contributed by atoms with Crippen LogP contribution < -0.4 is 33.2 Å². The second-order valence-corrected chi connectivity index (χ2v) is 8.05. The Hall–Kier alpha value is -2.97. The van der Waals surface area contributed by atoms with E-state index < -0.39 is 60.6 Å². The smallest absolute Gasteiger partial charge is 0.326 e. The Balaban J connectivity index is 5.42. The van der Waals surface area contributed by atoms with Gasteiger partial charge in [-0.05, 0) is 32.1 Å². The quantitative estimate of drug-likeness (QED) is 0.0636. The number of hydrogen-bond acceptors (Lipinski definition) is 8. The third-order valence-electron chi connectivity index (χ3n) is 4.54. The van der Waals surface area contributed by atoms with Crippen LogP contribution in [0, 0.1) is 5.92 Å². The fraction of sp³-hybridized carbons (Fsp3) is 0.737. The zero-order chi connectivity index (χ0) is 25.7. The van der Waals surface area contributed by atoms with Crippen LogP contribution in [0.4, 0.5) is 0 Å². The summed E-state index contributed by atoms with van der Waals surface area (Å²) >= 11 is 0. The summed E-state index contributed by atoms with van der Waals surface area (Å²) in [6, 6.07) is -5.16. The lowest BCUT2D eigenvalue weighted by Crippen LogP contribution is -2.59. The fourth-order valence-corrected chi connectivity index (χ4v) is 2.69. The number of carboxylic acids is 1. The highest BCUT2D eigenvalue weighted by Gasteiger charge is 2.30. The summed E-state index contributed by atoms with van der Waals surface area (Å²) in [5, 5.41) is 35.3. The largest absolute Gasteiger partial charge is 0.480 e. The van der Waals surface area contributed by atoms with Gasteiger partial charge >= 0.3 is 5.97 Å². The van der Waals surface area contributed by atoms with Crippen LogP contribution in [0.15, 0.2) is 4.99 Å².